The highest BCUT2D eigenvalue weighted by Crippen LogP contribution is 2.40. The van der Waals surface area contributed by atoms with E-state index in [-0.39, 0.29) is 0 Å². The SMILES string of the molecule is CC1=CCC(/C(=C(\c2ccc(C)cc2)c2ccc(N)cc2)c2ccc(C)cc2)C=C1. The minimum absolute atomic E-state index is 0.324. The Morgan fingerprint density at radius 2 is 1.20 bits per heavy atom. The van der Waals surface area contributed by atoms with Gasteiger partial charge in [0, 0.05) is 11.6 Å². The fourth-order valence-corrected chi connectivity index (χ4v) is 4.07. The molecule has 1 aliphatic rings. The van der Waals surface area contributed by atoms with Crippen molar-refractivity contribution in [1.82, 2.24) is 0 Å². The molecule has 0 saturated carbocycles. The van der Waals surface area contributed by atoms with Gasteiger partial charge >= 0.3 is 0 Å². The molecule has 0 radical (unpaired) electrons. The first-order valence-corrected chi connectivity index (χ1v) is 10.6. The number of rotatable bonds is 4. The van der Waals surface area contributed by atoms with E-state index in [1.807, 2.05) is 12.1 Å². The topological polar surface area (TPSA) is 26.0 Å². The summed E-state index contributed by atoms with van der Waals surface area (Å²) in [5, 5.41) is 0. The third-order valence-electron chi connectivity index (χ3n) is 5.83. The van der Waals surface area contributed by atoms with Crippen molar-refractivity contribution in [2.75, 3.05) is 5.73 Å². The number of hydrogen-bond acceptors (Lipinski definition) is 1. The summed E-state index contributed by atoms with van der Waals surface area (Å²) in [6.45, 7) is 6.44. The molecule has 0 spiro atoms. The van der Waals surface area contributed by atoms with Crippen molar-refractivity contribution in [3.05, 3.63) is 124 Å². The number of aryl methyl sites for hydroxylation is 2. The van der Waals surface area contributed by atoms with Gasteiger partial charge in [-0.25, -0.2) is 0 Å². The number of hydrogen-bond donors (Lipinski definition) is 1. The zero-order chi connectivity index (χ0) is 21.1. The molecule has 0 aromatic heterocycles. The average molecular weight is 392 g/mol. The lowest BCUT2D eigenvalue weighted by Crippen LogP contribution is -2.07. The van der Waals surface area contributed by atoms with Gasteiger partial charge in [-0.1, -0.05) is 95.6 Å². The maximum absolute atomic E-state index is 6.01. The van der Waals surface area contributed by atoms with Gasteiger partial charge in [0.2, 0.25) is 0 Å². The van der Waals surface area contributed by atoms with Crippen molar-refractivity contribution >= 4 is 16.8 Å². The van der Waals surface area contributed by atoms with E-state index in [1.165, 1.54) is 44.5 Å². The standard InChI is InChI=1S/C29H29N/c1-20-4-10-23(11-5-20)28(24-12-6-21(2)7-13-24)29(25-14-8-22(3)9-15-25)26-16-18-27(30)19-17-26/h4-12,14-19,24H,13,30H2,1-3H3/b29-28+. The maximum Gasteiger partial charge on any atom is 0.0314 e. The third-order valence-corrected chi connectivity index (χ3v) is 5.83. The van der Waals surface area contributed by atoms with Gasteiger partial charge in [0.15, 0.2) is 0 Å². The van der Waals surface area contributed by atoms with Crippen molar-refractivity contribution in [1.29, 1.82) is 0 Å². The molecule has 0 aliphatic heterocycles. The van der Waals surface area contributed by atoms with Crippen LogP contribution in [-0.2, 0) is 0 Å². The van der Waals surface area contributed by atoms with Crippen molar-refractivity contribution in [2.45, 2.75) is 27.2 Å². The Kier molecular flexibility index (Phi) is 5.72. The summed E-state index contributed by atoms with van der Waals surface area (Å²) < 4.78 is 0. The molecule has 3 aromatic carbocycles. The molecule has 1 heteroatoms. The van der Waals surface area contributed by atoms with Crippen LogP contribution in [0.25, 0.3) is 11.1 Å². The van der Waals surface area contributed by atoms with Gasteiger partial charge in [0.1, 0.15) is 0 Å². The Morgan fingerprint density at radius 3 is 1.70 bits per heavy atom. The molecule has 3 aromatic rings. The van der Waals surface area contributed by atoms with E-state index >= 15 is 0 Å². The molecule has 0 heterocycles. The molecular formula is C29H29N. The highest BCUT2D eigenvalue weighted by Gasteiger charge is 2.21. The van der Waals surface area contributed by atoms with Crippen molar-refractivity contribution < 1.29 is 0 Å². The number of benzene rings is 3. The summed E-state index contributed by atoms with van der Waals surface area (Å²) in [5.41, 5.74) is 17.0. The predicted molar refractivity (Wildman–Crippen MR) is 130 cm³/mol. The van der Waals surface area contributed by atoms with Crippen LogP contribution in [0.4, 0.5) is 5.69 Å². The summed E-state index contributed by atoms with van der Waals surface area (Å²) in [4.78, 5) is 0. The molecule has 150 valence electrons. The van der Waals surface area contributed by atoms with E-state index in [0.29, 0.717) is 5.92 Å². The first-order valence-electron chi connectivity index (χ1n) is 10.6. The van der Waals surface area contributed by atoms with E-state index in [2.05, 4.69) is 99.7 Å². The van der Waals surface area contributed by atoms with Crippen LogP contribution in [-0.4, -0.2) is 0 Å². The Morgan fingerprint density at radius 1 is 0.700 bits per heavy atom. The van der Waals surface area contributed by atoms with Gasteiger partial charge in [-0.3, -0.25) is 0 Å². The van der Waals surface area contributed by atoms with Crippen LogP contribution in [0.2, 0.25) is 0 Å². The molecule has 0 amide bonds. The van der Waals surface area contributed by atoms with E-state index in [0.717, 1.165) is 12.1 Å². The summed E-state index contributed by atoms with van der Waals surface area (Å²) in [6, 6.07) is 26.1. The van der Waals surface area contributed by atoms with E-state index in [9.17, 15) is 0 Å². The van der Waals surface area contributed by atoms with E-state index in [1.54, 1.807) is 0 Å². The second kappa shape index (κ2) is 8.59. The molecule has 1 atom stereocenters. The van der Waals surface area contributed by atoms with Gasteiger partial charge in [-0.05, 0) is 67.2 Å². The number of allylic oxidation sites excluding steroid dienone is 5. The predicted octanol–water partition coefficient (Wildman–Crippen LogP) is 7.37. The lowest BCUT2D eigenvalue weighted by Gasteiger charge is -2.25. The quantitative estimate of drug-likeness (QED) is 0.365. The monoisotopic (exact) mass is 391 g/mol. The summed E-state index contributed by atoms with van der Waals surface area (Å²) in [6.07, 6.45) is 7.96. The van der Waals surface area contributed by atoms with Crippen molar-refractivity contribution in [3.8, 4) is 0 Å². The number of nitrogen functional groups attached to an aromatic ring is 1. The molecule has 1 aliphatic carbocycles. The first kappa shape index (κ1) is 20.0. The highest BCUT2D eigenvalue weighted by atomic mass is 14.5. The second-order valence-corrected chi connectivity index (χ2v) is 8.29. The molecule has 4 rings (SSSR count). The Labute approximate surface area is 180 Å². The molecular weight excluding hydrogens is 362 g/mol. The van der Waals surface area contributed by atoms with Crippen molar-refractivity contribution in [3.63, 3.8) is 0 Å². The normalized spacial score (nSPS) is 16.8. The van der Waals surface area contributed by atoms with Gasteiger partial charge < -0.3 is 5.73 Å². The fraction of sp³-hybridized carbons (Fsp3) is 0.172. The molecule has 0 saturated heterocycles. The van der Waals surface area contributed by atoms with Crippen LogP contribution < -0.4 is 5.73 Å². The van der Waals surface area contributed by atoms with Crippen molar-refractivity contribution in [2.24, 2.45) is 5.92 Å². The molecule has 30 heavy (non-hydrogen) atoms. The number of anilines is 1. The lowest BCUT2D eigenvalue weighted by molar-refractivity contribution is 0.835. The number of nitrogens with two attached hydrogens (primary N) is 1. The zero-order valence-corrected chi connectivity index (χ0v) is 18.0. The van der Waals surface area contributed by atoms with E-state index < -0.39 is 0 Å². The molecule has 0 fully saturated rings. The van der Waals surface area contributed by atoms with E-state index in [4.69, 9.17) is 5.73 Å². The van der Waals surface area contributed by atoms with Gasteiger partial charge in [0.05, 0.1) is 0 Å². The Bertz CT molecular complexity index is 1060. The van der Waals surface area contributed by atoms with Gasteiger partial charge in [-0.2, -0.15) is 0 Å². The van der Waals surface area contributed by atoms with Crippen LogP contribution >= 0.6 is 0 Å². The van der Waals surface area contributed by atoms with Crippen LogP contribution in [0.3, 0.4) is 0 Å². The smallest absolute Gasteiger partial charge is 0.0314 e. The largest absolute Gasteiger partial charge is 0.399 e. The molecule has 1 nitrogen and oxygen atoms in total. The summed E-state index contributed by atoms with van der Waals surface area (Å²) in [7, 11) is 0. The van der Waals surface area contributed by atoms with Gasteiger partial charge in [-0.15, -0.1) is 0 Å². The minimum atomic E-state index is 0.324. The summed E-state index contributed by atoms with van der Waals surface area (Å²) >= 11 is 0. The Balaban J connectivity index is 2.00. The highest BCUT2D eigenvalue weighted by molar-refractivity contribution is 6.00. The first-order chi connectivity index (χ1) is 14.5. The average Bonchev–Trinajstić information content (AvgIpc) is 2.75. The lowest BCUT2D eigenvalue weighted by atomic mass is 9.79. The molecule has 0 bridgehead atoms. The van der Waals surface area contributed by atoms with Crippen LogP contribution in [0.15, 0.2) is 96.6 Å². The third kappa shape index (κ3) is 4.31. The molecule has 1 unspecified atom stereocenters. The van der Waals surface area contributed by atoms with Crippen LogP contribution in [0.5, 0.6) is 0 Å². The fourth-order valence-electron chi connectivity index (χ4n) is 4.07. The molecule has 2 N–H and O–H groups in total. The minimum Gasteiger partial charge on any atom is -0.399 e. The maximum atomic E-state index is 6.01. The van der Waals surface area contributed by atoms with Gasteiger partial charge in [0.25, 0.3) is 0 Å². The zero-order valence-electron chi connectivity index (χ0n) is 18.0. The van der Waals surface area contributed by atoms with Crippen LogP contribution in [0.1, 0.15) is 41.2 Å². The second-order valence-electron chi connectivity index (χ2n) is 8.29. The summed E-state index contributed by atoms with van der Waals surface area (Å²) in [5.74, 6) is 0.324. The Hall–Kier alpha value is -3.32. The van der Waals surface area contributed by atoms with Crippen LogP contribution in [0, 0.1) is 19.8 Å².